The molecule has 22 heavy (non-hydrogen) atoms. The summed E-state index contributed by atoms with van der Waals surface area (Å²) in [4.78, 5) is 13.6. The first kappa shape index (κ1) is 17.3. The van der Waals surface area contributed by atoms with Crippen molar-refractivity contribution in [1.29, 1.82) is 0 Å². The van der Waals surface area contributed by atoms with Crippen molar-refractivity contribution in [2.75, 3.05) is 13.1 Å². The van der Waals surface area contributed by atoms with E-state index in [0.717, 1.165) is 12.8 Å². The number of amides is 1. The van der Waals surface area contributed by atoms with E-state index in [1.54, 1.807) is 17.9 Å². The molecule has 5 N–H and O–H groups in total. The van der Waals surface area contributed by atoms with Crippen LogP contribution in [0, 0.1) is 5.92 Å². The number of piperidine rings is 1. The predicted molar refractivity (Wildman–Crippen MR) is 88.0 cm³/mol. The van der Waals surface area contributed by atoms with Crippen molar-refractivity contribution in [3.05, 3.63) is 27.7 Å². The molecule has 1 aliphatic heterocycles. The highest BCUT2D eigenvalue weighted by Gasteiger charge is 2.29. The van der Waals surface area contributed by atoms with E-state index < -0.39 is 6.04 Å². The number of likely N-dealkylation sites (tertiary alicyclic amines) is 1. The lowest BCUT2D eigenvalue weighted by Crippen LogP contribution is -2.47. The Labute approximate surface area is 140 Å². The summed E-state index contributed by atoms with van der Waals surface area (Å²) in [6.45, 7) is 2.94. The zero-order valence-corrected chi connectivity index (χ0v) is 13.9. The maximum atomic E-state index is 11.9. The Morgan fingerprint density at radius 1 is 1.27 bits per heavy atom. The van der Waals surface area contributed by atoms with Gasteiger partial charge >= 0.3 is 0 Å². The van der Waals surface area contributed by atoms with Gasteiger partial charge in [-0.1, -0.05) is 23.2 Å². The summed E-state index contributed by atoms with van der Waals surface area (Å²) in [5.74, 6) is 0.181. The number of nitrogens with zero attached hydrogens (tertiary/aromatic N) is 1. The summed E-state index contributed by atoms with van der Waals surface area (Å²) < 4.78 is 0. The molecular weight excluding hydrogens is 325 g/mol. The molecule has 1 fully saturated rings. The molecule has 0 saturated carbocycles. The average molecular weight is 346 g/mol. The van der Waals surface area contributed by atoms with Gasteiger partial charge in [-0.3, -0.25) is 4.79 Å². The van der Waals surface area contributed by atoms with Gasteiger partial charge < -0.3 is 21.5 Å². The van der Waals surface area contributed by atoms with E-state index in [-0.39, 0.29) is 23.6 Å². The monoisotopic (exact) mass is 345 g/mol. The van der Waals surface area contributed by atoms with Gasteiger partial charge in [0.15, 0.2) is 0 Å². The number of rotatable bonds is 3. The van der Waals surface area contributed by atoms with E-state index in [2.05, 4.69) is 0 Å². The Hall–Kier alpha value is -1.01. The van der Waals surface area contributed by atoms with Crippen LogP contribution >= 0.6 is 23.2 Å². The maximum Gasteiger partial charge on any atom is 0.239 e. The molecule has 1 unspecified atom stereocenters. The number of phenolic OH excluding ortho intramolecular Hbond substituents is 1. The third-order valence-electron chi connectivity index (χ3n) is 4.18. The molecule has 1 aromatic rings. The molecule has 0 bridgehead atoms. The summed E-state index contributed by atoms with van der Waals surface area (Å²) >= 11 is 11.9. The fourth-order valence-electron chi connectivity index (χ4n) is 2.84. The molecule has 0 aliphatic carbocycles. The van der Waals surface area contributed by atoms with Crippen molar-refractivity contribution in [1.82, 2.24) is 4.90 Å². The second-order valence-corrected chi connectivity index (χ2v) is 6.62. The van der Waals surface area contributed by atoms with Gasteiger partial charge in [-0.25, -0.2) is 0 Å². The minimum atomic E-state index is -0.482. The van der Waals surface area contributed by atoms with Crippen molar-refractivity contribution >= 4 is 29.1 Å². The summed E-state index contributed by atoms with van der Waals surface area (Å²) in [6, 6.07) is 2.20. The van der Waals surface area contributed by atoms with Gasteiger partial charge in [-0.15, -0.1) is 0 Å². The maximum absolute atomic E-state index is 11.9. The third-order valence-corrected chi connectivity index (χ3v) is 4.90. The molecule has 0 radical (unpaired) electrons. The number of carbonyl (C=O) groups excluding carboxylic acids is 1. The first-order chi connectivity index (χ1) is 10.3. The SMILES string of the molecule is C[C@@H](N)C(=O)N1CCC(C(N)c2cc(Cl)c(Cl)cc2O)CC1. The zero-order valence-electron chi connectivity index (χ0n) is 12.4. The number of nitrogens with two attached hydrogens (primary N) is 2. The highest BCUT2D eigenvalue weighted by molar-refractivity contribution is 6.42. The average Bonchev–Trinajstić information content (AvgIpc) is 2.49. The molecule has 0 aromatic heterocycles. The van der Waals surface area contributed by atoms with Gasteiger partial charge in [0.1, 0.15) is 5.75 Å². The number of aromatic hydroxyl groups is 1. The highest BCUT2D eigenvalue weighted by atomic mass is 35.5. The number of halogens is 2. The van der Waals surface area contributed by atoms with Crippen LogP contribution in [0.2, 0.25) is 10.0 Å². The molecule has 2 rings (SSSR count). The molecule has 0 spiro atoms. The van der Waals surface area contributed by atoms with Crippen LogP contribution in [0.3, 0.4) is 0 Å². The first-order valence-corrected chi connectivity index (χ1v) is 8.04. The van der Waals surface area contributed by atoms with Crippen LogP contribution in [0.4, 0.5) is 0 Å². The number of hydrogen-bond donors (Lipinski definition) is 3. The number of hydrogen-bond acceptors (Lipinski definition) is 4. The second-order valence-electron chi connectivity index (χ2n) is 5.80. The van der Waals surface area contributed by atoms with Crippen LogP contribution in [-0.4, -0.2) is 35.0 Å². The van der Waals surface area contributed by atoms with E-state index in [1.165, 1.54) is 6.07 Å². The summed E-state index contributed by atoms with van der Waals surface area (Å²) in [7, 11) is 0. The predicted octanol–water partition coefficient (Wildman–Crippen LogP) is 2.28. The van der Waals surface area contributed by atoms with Crippen LogP contribution in [0.1, 0.15) is 31.4 Å². The van der Waals surface area contributed by atoms with Gasteiger partial charge in [0.25, 0.3) is 0 Å². The quantitative estimate of drug-likeness (QED) is 0.783. The Morgan fingerprint density at radius 2 is 1.82 bits per heavy atom. The molecule has 1 aromatic carbocycles. The van der Waals surface area contributed by atoms with Crippen LogP contribution in [-0.2, 0) is 4.79 Å². The largest absolute Gasteiger partial charge is 0.508 e. The smallest absolute Gasteiger partial charge is 0.239 e. The molecule has 1 heterocycles. The number of benzene rings is 1. The second kappa shape index (κ2) is 7.04. The van der Waals surface area contributed by atoms with E-state index in [0.29, 0.717) is 28.7 Å². The fourth-order valence-corrected chi connectivity index (χ4v) is 3.17. The fraction of sp³-hybridized carbons (Fsp3) is 0.533. The van der Waals surface area contributed by atoms with Crippen LogP contribution in [0.5, 0.6) is 5.75 Å². The molecule has 1 aliphatic rings. The van der Waals surface area contributed by atoms with Gasteiger partial charge in [-0.05, 0) is 31.7 Å². The lowest BCUT2D eigenvalue weighted by atomic mass is 9.85. The number of phenols is 1. The van der Waals surface area contributed by atoms with Crippen LogP contribution in [0.25, 0.3) is 0 Å². The molecular formula is C15H21Cl2N3O2. The molecule has 1 amide bonds. The Kier molecular flexibility index (Phi) is 5.55. The Morgan fingerprint density at radius 3 is 2.36 bits per heavy atom. The topological polar surface area (TPSA) is 92.6 Å². The standard InChI is InChI=1S/C15H21Cl2N3O2/c1-8(18)15(22)20-4-2-9(3-5-20)14(19)10-6-11(16)12(17)7-13(10)21/h6-9,14,21H,2-5,18-19H2,1H3/t8-,14?/m1/s1. The van der Waals surface area contributed by atoms with E-state index in [4.69, 9.17) is 34.7 Å². The van der Waals surface area contributed by atoms with Crippen molar-refractivity contribution in [3.63, 3.8) is 0 Å². The molecule has 122 valence electrons. The van der Waals surface area contributed by atoms with Gasteiger partial charge in [0, 0.05) is 30.8 Å². The van der Waals surface area contributed by atoms with E-state index in [1.807, 2.05) is 0 Å². The van der Waals surface area contributed by atoms with Crippen molar-refractivity contribution in [3.8, 4) is 5.75 Å². The molecule has 2 atom stereocenters. The Bertz CT molecular complexity index is 558. The first-order valence-electron chi connectivity index (χ1n) is 7.29. The summed E-state index contributed by atoms with van der Waals surface area (Å²) in [5.41, 5.74) is 12.5. The zero-order chi connectivity index (χ0) is 16.4. The van der Waals surface area contributed by atoms with Crippen molar-refractivity contribution in [2.24, 2.45) is 17.4 Å². The lowest BCUT2D eigenvalue weighted by Gasteiger charge is -2.35. The van der Waals surface area contributed by atoms with Crippen molar-refractivity contribution < 1.29 is 9.90 Å². The number of carbonyl (C=O) groups is 1. The third kappa shape index (κ3) is 3.66. The highest BCUT2D eigenvalue weighted by Crippen LogP contribution is 2.37. The van der Waals surface area contributed by atoms with Crippen LogP contribution in [0.15, 0.2) is 12.1 Å². The van der Waals surface area contributed by atoms with Gasteiger partial charge in [0.05, 0.1) is 16.1 Å². The minimum Gasteiger partial charge on any atom is -0.508 e. The van der Waals surface area contributed by atoms with Crippen LogP contribution < -0.4 is 11.5 Å². The summed E-state index contributed by atoms with van der Waals surface area (Å²) in [6.07, 6.45) is 1.53. The molecule has 7 heteroatoms. The van der Waals surface area contributed by atoms with E-state index in [9.17, 15) is 9.90 Å². The Balaban J connectivity index is 2.05. The minimum absolute atomic E-state index is 0.0376. The van der Waals surface area contributed by atoms with Gasteiger partial charge in [0.2, 0.25) is 5.91 Å². The molecule has 1 saturated heterocycles. The van der Waals surface area contributed by atoms with E-state index >= 15 is 0 Å². The van der Waals surface area contributed by atoms with Gasteiger partial charge in [-0.2, -0.15) is 0 Å². The molecule has 5 nitrogen and oxygen atoms in total. The van der Waals surface area contributed by atoms with Crippen molar-refractivity contribution in [2.45, 2.75) is 31.8 Å². The normalized spacial score (nSPS) is 19.0. The summed E-state index contributed by atoms with van der Waals surface area (Å²) in [5, 5.41) is 10.7. The lowest BCUT2D eigenvalue weighted by molar-refractivity contribution is -0.133.